The van der Waals surface area contributed by atoms with E-state index in [9.17, 15) is 13.2 Å². The number of nitrogens with one attached hydrogen (secondary N) is 2. The minimum absolute atomic E-state index is 0.204. The average Bonchev–Trinajstić information content (AvgIpc) is 2.94. The predicted octanol–water partition coefficient (Wildman–Crippen LogP) is 4.43. The number of carbonyl (C=O) groups is 1. The molecule has 0 aromatic heterocycles. The van der Waals surface area contributed by atoms with Gasteiger partial charge in [-0.05, 0) is 80.6 Å². The molecule has 8 nitrogen and oxygen atoms in total. The highest BCUT2D eigenvalue weighted by atomic mass is 32.2. The monoisotopic (exact) mass is 576 g/mol. The Balaban J connectivity index is 1.38. The van der Waals surface area contributed by atoms with Crippen LogP contribution >= 0.6 is 0 Å². The van der Waals surface area contributed by atoms with E-state index in [1.165, 1.54) is 11.1 Å². The Bertz CT molecular complexity index is 1490. The van der Waals surface area contributed by atoms with E-state index in [4.69, 9.17) is 4.74 Å². The zero-order valence-electron chi connectivity index (χ0n) is 24.2. The summed E-state index contributed by atoms with van der Waals surface area (Å²) < 4.78 is 35.1. The number of amides is 1. The van der Waals surface area contributed by atoms with Crippen LogP contribution in [0.3, 0.4) is 0 Å². The van der Waals surface area contributed by atoms with Crippen LogP contribution in [-0.2, 0) is 27.7 Å². The Morgan fingerprint density at radius 2 is 1.63 bits per heavy atom. The number of hydrogen-bond acceptors (Lipinski definition) is 6. The van der Waals surface area contributed by atoms with Gasteiger partial charge >= 0.3 is 0 Å². The Morgan fingerprint density at radius 1 is 0.927 bits per heavy atom. The molecule has 0 atom stereocenters. The minimum Gasteiger partial charge on any atom is -0.379 e. The highest BCUT2D eigenvalue weighted by Crippen LogP contribution is 2.31. The average molecular weight is 577 g/mol. The lowest BCUT2D eigenvalue weighted by atomic mass is 9.98. The van der Waals surface area contributed by atoms with Gasteiger partial charge in [-0.2, -0.15) is 0 Å². The number of benzene rings is 3. The molecular weight excluding hydrogens is 536 g/mol. The number of rotatable bonds is 9. The largest absolute Gasteiger partial charge is 0.379 e. The molecule has 5 rings (SSSR count). The van der Waals surface area contributed by atoms with Gasteiger partial charge in [-0.25, -0.2) is 8.42 Å². The van der Waals surface area contributed by atoms with Gasteiger partial charge in [0.05, 0.1) is 23.7 Å². The van der Waals surface area contributed by atoms with E-state index in [0.717, 1.165) is 63.5 Å². The van der Waals surface area contributed by atoms with Crippen LogP contribution in [0.4, 0.5) is 11.4 Å². The zero-order valence-corrected chi connectivity index (χ0v) is 25.0. The van der Waals surface area contributed by atoms with Gasteiger partial charge < -0.3 is 15.0 Å². The molecule has 2 aliphatic heterocycles. The van der Waals surface area contributed by atoms with Crippen molar-refractivity contribution >= 4 is 27.3 Å². The molecule has 1 fully saturated rings. The molecule has 2 N–H and O–H groups in total. The first-order valence-corrected chi connectivity index (χ1v) is 15.8. The Labute approximate surface area is 243 Å². The fraction of sp³-hybridized carbons (Fsp3) is 0.406. The molecule has 0 saturated carbocycles. The van der Waals surface area contributed by atoms with Gasteiger partial charge in [-0.3, -0.25) is 14.4 Å². The fourth-order valence-electron chi connectivity index (χ4n) is 5.98. The van der Waals surface area contributed by atoms with E-state index in [1.807, 2.05) is 45.0 Å². The van der Waals surface area contributed by atoms with E-state index >= 15 is 0 Å². The second-order valence-corrected chi connectivity index (χ2v) is 12.7. The number of sulfonamides is 1. The van der Waals surface area contributed by atoms with Gasteiger partial charge in [0.2, 0.25) is 0 Å². The van der Waals surface area contributed by atoms with Gasteiger partial charge in [0.25, 0.3) is 15.9 Å². The summed E-state index contributed by atoms with van der Waals surface area (Å²) in [7, 11) is -3.86. The number of nitrogens with zero attached hydrogens (tertiary/aromatic N) is 2. The molecular formula is C32H40N4O4S. The van der Waals surface area contributed by atoms with Crippen LogP contribution in [-0.4, -0.2) is 65.2 Å². The third-order valence-corrected chi connectivity index (χ3v) is 9.56. The Hall–Kier alpha value is -3.40. The number of fused-ring (bicyclic) bond motifs is 1. The normalized spacial score (nSPS) is 15.8. The summed E-state index contributed by atoms with van der Waals surface area (Å²) in [5.74, 6) is -0.204. The maximum Gasteiger partial charge on any atom is 0.262 e. The molecule has 2 heterocycles. The van der Waals surface area contributed by atoms with E-state index in [0.29, 0.717) is 35.5 Å². The molecule has 2 aliphatic rings. The van der Waals surface area contributed by atoms with Crippen LogP contribution in [0.1, 0.15) is 44.6 Å². The smallest absolute Gasteiger partial charge is 0.262 e. The van der Waals surface area contributed by atoms with E-state index in [1.54, 1.807) is 12.1 Å². The maximum atomic E-state index is 13.6. The van der Waals surface area contributed by atoms with Crippen molar-refractivity contribution in [1.82, 2.24) is 10.2 Å². The van der Waals surface area contributed by atoms with Crippen molar-refractivity contribution in [3.63, 3.8) is 0 Å². The number of hydrogen-bond donors (Lipinski definition) is 2. The van der Waals surface area contributed by atoms with Crippen molar-refractivity contribution in [3.05, 3.63) is 88.0 Å². The van der Waals surface area contributed by atoms with Crippen molar-refractivity contribution in [2.75, 3.05) is 55.6 Å². The van der Waals surface area contributed by atoms with Crippen molar-refractivity contribution in [1.29, 1.82) is 0 Å². The van der Waals surface area contributed by atoms with Crippen LogP contribution in [0.5, 0.6) is 0 Å². The molecule has 0 radical (unpaired) electrons. The first-order valence-electron chi connectivity index (χ1n) is 14.4. The number of ether oxygens (including phenoxy) is 1. The van der Waals surface area contributed by atoms with Gasteiger partial charge in [0.1, 0.15) is 0 Å². The number of aryl methyl sites for hydroxylation is 3. The third kappa shape index (κ3) is 6.92. The molecule has 0 aliphatic carbocycles. The number of morpholine rings is 1. The third-order valence-electron chi connectivity index (χ3n) is 7.88. The molecule has 0 unspecified atom stereocenters. The molecule has 0 bridgehead atoms. The second kappa shape index (κ2) is 12.6. The molecule has 3 aromatic carbocycles. The first kappa shape index (κ1) is 29.1. The van der Waals surface area contributed by atoms with Crippen LogP contribution in [0.15, 0.2) is 59.5 Å². The van der Waals surface area contributed by atoms with Crippen molar-refractivity contribution in [2.24, 2.45) is 0 Å². The van der Waals surface area contributed by atoms with E-state index in [-0.39, 0.29) is 10.8 Å². The van der Waals surface area contributed by atoms with E-state index < -0.39 is 10.0 Å². The summed E-state index contributed by atoms with van der Waals surface area (Å²) in [5, 5.41) is 3.08. The zero-order chi connectivity index (χ0) is 29.0. The van der Waals surface area contributed by atoms with Crippen LogP contribution in [0.25, 0.3) is 0 Å². The topological polar surface area (TPSA) is 91.0 Å². The molecule has 218 valence electrons. The highest BCUT2D eigenvalue weighted by Gasteiger charge is 2.24. The lowest BCUT2D eigenvalue weighted by Gasteiger charge is -2.32. The molecule has 3 aromatic rings. The van der Waals surface area contributed by atoms with Crippen molar-refractivity contribution in [3.8, 4) is 0 Å². The summed E-state index contributed by atoms with van der Waals surface area (Å²) in [6.07, 6.45) is 1.72. The Kier molecular flexibility index (Phi) is 8.97. The summed E-state index contributed by atoms with van der Waals surface area (Å²) in [4.78, 5) is 18.4. The second-order valence-electron chi connectivity index (χ2n) is 11.1. The van der Waals surface area contributed by atoms with Crippen LogP contribution in [0.2, 0.25) is 0 Å². The molecule has 41 heavy (non-hydrogen) atoms. The molecule has 0 spiro atoms. The van der Waals surface area contributed by atoms with E-state index in [2.05, 4.69) is 38.0 Å². The highest BCUT2D eigenvalue weighted by molar-refractivity contribution is 7.92. The van der Waals surface area contributed by atoms with Crippen molar-refractivity contribution < 1.29 is 17.9 Å². The number of anilines is 2. The summed E-state index contributed by atoms with van der Waals surface area (Å²) in [6, 6.07) is 17.4. The maximum absolute atomic E-state index is 13.6. The van der Waals surface area contributed by atoms with Gasteiger partial charge in [-0.15, -0.1) is 0 Å². The van der Waals surface area contributed by atoms with Crippen molar-refractivity contribution in [2.45, 2.75) is 45.1 Å². The molecule has 1 amide bonds. The van der Waals surface area contributed by atoms with Gasteiger partial charge in [0.15, 0.2) is 0 Å². The molecule has 1 saturated heterocycles. The summed E-state index contributed by atoms with van der Waals surface area (Å²) in [6.45, 7) is 11.8. The van der Waals surface area contributed by atoms with Crippen LogP contribution in [0, 0.1) is 20.8 Å². The minimum atomic E-state index is -3.86. The SMILES string of the molecule is Cc1cc(C)c(S(=O)(=O)Nc2ccc(N3CCc4ccccc4C3)c(C(=O)NCCCN3CCOCC3)c2)c(C)c1. The molecule has 9 heteroatoms. The quantitative estimate of drug-likeness (QED) is 0.367. The number of carbonyl (C=O) groups excluding carboxylic acids is 1. The van der Waals surface area contributed by atoms with Gasteiger partial charge in [0, 0.05) is 44.1 Å². The van der Waals surface area contributed by atoms with Gasteiger partial charge in [-0.1, -0.05) is 42.0 Å². The lowest BCUT2D eigenvalue weighted by molar-refractivity contribution is 0.0374. The predicted molar refractivity (Wildman–Crippen MR) is 163 cm³/mol. The first-order chi connectivity index (χ1) is 19.7. The van der Waals surface area contributed by atoms with Crippen LogP contribution < -0.4 is 14.9 Å². The Morgan fingerprint density at radius 3 is 2.37 bits per heavy atom. The fourth-order valence-corrected chi connectivity index (χ4v) is 7.48. The summed E-state index contributed by atoms with van der Waals surface area (Å²) in [5.41, 5.74) is 6.59. The lowest BCUT2D eigenvalue weighted by Crippen LogP contribution is -2.38. The summed E-state index contributed by atoms with van der Waals surface area (Å²) >= 11 is 0. The standard InChI is InChI=1S/C32H40N4O4S/c1-23-19-24(2)31(25(3)20-23)41(38,39)34-28-9-10-30(36-14-11-26-7-4-5-8-27(26)22-36)29(21-28)32(37)33-12-6-13-35-15-17-40-18-16-35/h4-5,7-10,19-21,34H,6,11-18,22H2,1-3H3,(H,33,37).